The molecule has 0 bridgehead atoms. The third-order valence-electron chi connectivity index (χ3n) is 2.16. The van der Waals surface area contributed by atoms with Crippen molar-refractivity contribution in [3.63, 3.8) is 0 Å². The quantitative estimate of drug-likeness (QED) is 0.625. The lowest BCUT2D eigenvalue weighted by molar-refractivity contribution is -0.116. The van der Waals surface area contributed by atoms with Crippen molar-refractivity contribution in [2.75, 3.05) is 10.6 Å². The van der Waals surface area contributed by atoms with E-state index in [-0.39, 0.29) is 11.7 Å². The number of unbranched alkanes of at least 4 members (excludes halogenated alkanes) is 1. The van der Waals surface area contributed by atoms with Crippen molar-refractivity contribution in [2.24, 2.45) is 5.73 Å². The van der Waals surface area contributed by atoms with Gasteiger partial charge < -0.3 is 15.8 Å². The number of anilines is 1. The largest absolute Gasteiger partial charge is 0.410 e. The zero-order chi connectivity index (χ0) is 13.4. The molecule has 1 rings (SSSR count). The van der Waals surface area contributed by atoms with E-state index in [0.717, 1.165) is 18.2 Å². The number of benzene rings is 1. The molecule has 3 N–H and O–H groups in total. The van der Waals surface area contributed by atoms with Crippen LogP contribution in [-0.2, 0) is 4.79 Å². The molecular weight excluding hydrogens is 300 g/mol. The van der Waals surface area contributed by atoms with Gasteiger partial charge in [-0.1, -0.05) is 28.1 Å². The summed E-state index contributed by atoms with van der Waals surface area (Å²) in [6.07, 6.45) is 1.26. The van der Waals surface area contributed by atoms with Crippen LogP contribution in [0.25, 0.3) is 0 Å². The Morgan fingerprint density at radius 1 is 1.28 bits per heavy atom. The summed E-state index contributed by atoms with van der Waals surface area (Å²) in [6.45, 7) is 0. The molecule has 0 spiro atoms. The van der Waals surface area contributed by atoms with E-state index in [2.05, 4.69) is 21.2 Å². The number of ether oxygens (including phenoxy) is 1. The van der Waals surface area contributed by atoms with Gasteiger partial charge in [0.25, 0.3) is 0 Å². The minimum atomic E-state index is -0.906. The first-order valence-corrected chi connectivity index (χ1v) is 6.67. The van der Waals surface area contributed by atoms with Crippen molar-refractivity contribution in [3.8, 4) is 5.75 Å². The maximum atomic E-state index is 11.6. The van der Waals surface area contributed by atoms with E-state index >= 15 is 0 Å². The first-order chi connectivity index (χ1) is 8.63. The fourth-order valence-corrected chi connectivity index (χ4v) is 1.76. The van der Waals surface area contributed by atoms with Crippen LogP contribution in [0, 0.1) is 0 Å². The molecule has 0 unspecified atom stereocenters. The summed E-state index contributed by atoms with van der Waals surface area (Å²) < 4.78 is 4.79. The number of hydrogen-bond donors (Lipinski definition) is 2. The molecule has 1 aromatic rings. The van der Waals surface area contributed by atoms with Crippen LogP contribution in [-0.4, -0.2) is 17.3 Å². The molecule has 0 aliphatic rings. The van der Waals surface area contributed by atoms with Crippen LogP contribution in [0.1, 0.15) is 19.3 Å². The number of alkyl halides is 1. The van der Waals surface area contributed by atoms with Gasteiger partial charge in [0.15, 0.2) is 5.75 Å². The monoisotopic (exact) mass is 314 g/mol. The Kier molecular flexibility index (Phi) is 6.21. The Balaban J connectivity index is 2.60. The average molecular weight is 315 g/mol. The number of carbonyl (C=O) groups is 2. The Labute approximate surface area is 114 Å². The minimum absolute atomic E-state index is 0.114. The number of hydrogen-bond acceptors (Lipinski definition) is 3. The van der Waals surface area contributed by atoms with Crippen LogP contribution >= 0.6 is 15.9 Å². The molecule has 0 aliphatic heterocycles. The standard InChI is InChI=1S/C12H15BrN2O3/c13-8-4-3-7-11(16)15-9-5-1-2-6-10(9)18-12(14)17/h1-2,5-6H,3-4,7-8H2,(H2,14,17)(H,15,16). The molecule has 0 aromatic heterocycles. The molecule has 0 heterocycles. The van der Waals surface area contributed by atoms with Crippen molar-refractivity contribution in [1.82, 2.24) is 0 Å². The molecule has 1 aromatic carbocycles. The third kappa shape index (κ3) is 5.18. The fraction of sp³-hybridized carbons (Fsp3) is 0.333. The Hall–Kier alpha value is -1.56. The molecule has 0 aliphatic carbocycles. The molecule has 0 atom stereocenters. The molecule has 6 heteroatoms. The van der Waals surface area contributed by atoms with Gasteiger partial charge in [0.2, 0.25) is 5.91 Å². The first-order valence-electron chi connectivity index (χ1n) is 5.55. The van der Waals surface area contributed by atoms with Crippen LogP contribution in [0.4, 0.5) is 10.5 Å². The van der Waals surface area contributed by atoms with Gasteiger partial charge in [-0.05, 0) is 25.0 Å². The SMILES string of the molecule is NC(=O)Oc1ccccc1NC(=O)CCCCBr. The van der Waals surface area contributed by atoms with Crippen LogP contribution in [0.5, 0.6) is 5.75 Å². The van der Waals surface area contributed by atoms with Gasteiger partial charge >= 0.3 is 6.09 Å². The van der Waals surface area contributed by atoms with E-state index in [1.807, 2.05) is 0 Å². The van der Waals surface area contributed by atoms with E-state index in [9.17, 15) is 9.59 Å². The highest BCUT2D eigenvalue weighted by atomic mass is 79.9. The maximum absolute atomic E-state index is 11.6. The topological polar surface area (TPSA) is 81.4 Å². The number of nitrogens with one attached hydrogen (secondary N) is 1. The number of rotatable bonds is 6. The Morgan fingerprint density at radius 2 is 2.00 bits per heavy atom. The van der Waals surface area contributed by atoms with Gasteiger partial charge in [0.05, 0.1) is 5.69 Å². The summed E-state index contributed by atoms with van der Waals surface area (Å²) in [5.74, 6) is 0.135. The molecule has 0 fully saturated rings. The second-order valence-electron chi connectivity index (χ2n) is 3.61. The highest BCUT2D eigenvalue weighted by Gasteiger charge is 2.08. The predicted molar refractivity (Wildman–Crippen MR) is 72.9 cm³/mol. The van der Waals surface area contributed by atoms with E-state index < -0.39 is 6.09 Å². The van der Waals surface area contributed by atoms with Crippen LogP contribution in [0.2, 0.25) is 0 Å². The number of halogens is 1. The molecule has 2 amide bonds. The summed E-state index contributed by atoms with van der Waals surface area (Å²) in [5, 5.41) is 3.56. The van der Waals surface area contributed by atoms with Crippen molar-refractivity contribution in [3.05, 3.63) is 24.3 Å². The summed E-state index contributed by atoms with van der Waals surface area (Å²) in [6, 6.07) is 6.65. The number of nitrogens with two attached hydrogens (primary N) is 1. The van der Waals surface area contributed by atoms with E-state index in [4.69, 9.17) is 10.5 Å². The summed E-state index contributed by atoms with van der Waals surface area (Å²) in [4.78, 5) is 22.3. The summed E-state index contributed by atoms with van der Waals surface area (Å²) in [7, 11) is 0. The lowest BCUT2D eigenvalue weighted by Crippen LogP contribution is -2.18. The van der Waals surface area contributed by atoms with Crippen molar-refractivity contribution in [2.45, 2.75) is 19.3 Å². The molecule has 0 saturated heterocycles. The highest BCUT2D eigenvalue weighted by molar-refractivity contribution is 9.09. The molecule has 5 nitrogen and oxygen atoms in total. The summed E-state index contributed by atoms with van der Waals surface area (Å²) >= 11 is 3.30. The van der Waals surface area contributed by atoms with Gasteiger partial charge in [-0.25, -0.2) is 4.79 Å². The molecule has 0 radical (unpaired) electrons. The fourth-order valence-electron chi connectivity index (χ4n) is 1.36. The Morgan fingerprint density at radius 3 is 2.67 bits per heavy atom. The number of amides is 2. The first kappa shape index (κ1) is 14.5. The Bertz CT molecular complexity index is 424. The zero-order valence-corrected chi connectivity index (χ0v) is 11.4. The lowest BCUT2D eigenvalue weighted by atomic mass is 10.2. The number of carbonyl (C=O) groups excluding carboxylic acids is 2. The minimum Gasteiger partial charge on any atom is -0.408 e. The molecule has 98 valence electrons. The second kappa shape index (κ2) is 7.71. The average Bonchev–Trinajstić information content (AvgIpc) is 2.31. The second-order valence-corrected chi connectivity index (χ2v) is 4.40. The smallest absolute Gasteiger partial charge is 0.408 e. The third-order valence-corrected chi connectivity index (χ3v) is 2.72. The van der Waals surface area contributed by atoms with E-state index in [1.165, 1.54) is 0 Å². The molecule has 18 heavy (non-hydrogen) atoms. The van der Waals surface area contributed by atoms with Crippen molar-refractivity contribution in [1.29, 1.82) is 0 Å². The van der Waals surface area contributed by atoms with Crippen molar-refractivity contribution >= 4 is 33.6 Å². The van der Waals surface area contributed by atoms with Crippen molar-refractivity contribution < 1.29 is 14.3 Å². The maximum Gasteiger partial charge on any atom is 0.410 e. The molecule has 0 saturated carbocycles. The van der Waals surface area contributed by atoms with Gasteiger partial charge in [-0.2, -0.15) is 0 Å². The van der Waals surface area contributed by atoms with E-state index in [0.29, 0.717) is 12.1 Å². The summed E-state index contributed by atoms with van der Waals surface area (Å²) in [5.41, 5.74) is 5.39. The van der Waals surface area contributed by atoms with Crippen LogP contribution in [0.3, 0.4) is 0 Å². The van der Waals surface area contributed by atoms with Crippen LogP contribution < -0.4 is 15.8 Å². The van der Waals surface area contributed by atoms with Gasteiger partial charge in [-0.15, -0.1) is 0 Å². The highest BCUT2D eigenvalue weighted by Crippen LogP contribution is 2.23. The van der Waals surface area contributed by atoms with E-state index in [1.54, 1.807) is 24.3 Å². The van der Waals surface area contributed by atoms with Gasteiger partial charge in [-0.3, -0.25) is 4.79 Å². The lowest BCUT2D eigenvalue weighted by Gasteiger charge is -2.09. The molecular formula is C12H15BrN2O3. The normalized spacial score (nSPS) is 9.83. The zero-order valence-electron chi connectivity index (χ0n) is 9.82. The number of primary amides is 1. The van der Waals surface area contributed by atoms with Gasteiger partial charge in [0.1, 0.15) is 0 Å². The predicted octanol–water partition coefficient (Wildman–Crippen LogP) is 2.65. The van der Waals surface area contributed by atoms with Gasteiger partial charge in [0, 0.05) is 11.8 Å². The van der Waals surface area contributed by atoms with Crippen LogP contribution in [0.15, 0.2) is 24.3 Å². The number of para-hydroxylation sites is 2.